The van der Waals surface area contributed by atoms with E-state index in [0.717, 1.165) is 36.5 Å². The van der Waals surface area contributed by atoms with Gasteiger partial charge in [0.1, 0.15) is 0 Å². The maximum absolute atomic E-state index is 5.91. The van der Waals surface area contributed by atoms with Crippen LogP contribution in [0.1, 0.15) is 38.3 Å². The summed E-state index contributed by atoms with van der Waals surface area (Å²) in [7, 11) is 1.93. The molecule has 0 unspecified atom stereocenters. The molecule has 0 saturated heterocycles. The summed E-state index contributed by atoms with van der Waals surface area (Å²) in [6.07, 6.45) is 4.85. The second kappa shape index (κ2) is 7.85. The van der Waals surface area contributed by atoms with Gasteiger partial charge in [0.25, 0.3) is 0 Å². The molecule has 3 nitrogen and oxygen atoms in total. The molecule has 2 aromatic rings. The van der Waals surface area contributed by atoms with Crippen molar-refractivity contribution in [1.82, 2.24) is 10.3 Å². The zero-order valence-corrected chi connectivity index (χ0v) is 12.5. The SMILES string of the molecule is CCCCCCOc1nc(CNC)cc2ccccc12. The molecular formula is C17H24N2O. The third-order valence-corrected chi connectivity index (χ3v) is 3.35. The van der Waals surface area contributed by atoms with Gasteiger partial charge in [-0.3, -0.25) is 0 Å². The molecule has 0 spiro atoms. The molecule has 0 bridgehead atoms. The first-order chi connectivity index (χ1) is 9.85. The van der Waals surface area contributed by atoms with Gasteiger partial charge >= 0.3 is 0 Å². The van der Waals surface area contributed by atoms with E-state index in [9.17, 15) is 0 Å². The van der Waals surface area contributed by atoms with Gasteiger partial charge in [-0.1, -0.05) is 44.4 Å². The van der Waals surface area contributed by atoms with E-state index in [0.29, 0.717) is 0 Å². The van der Waals surface area contributed by atoms with Crippen molar-refractivity contribution in [3.05, 3.63) is 36.0 Å². The fourth-order valence-corrected chi connectivity index (χ4v) is 2.30. The zero-order valence-electron chi connectivity index (χ0n) is 12.5. The Labute approximate surface area is 121 Å². The number of ether oxygens (including phenoxy) is 1. The summed E-state index contributed by atoms with van der Waals surface area (Å²) >= 11 is 0. The number of hydrogen-bond acceptors (Lipinski definition) is 3. The highest BCUT2D eigenvalue weighted by Crippen LogP contribution is 2.24. The van der Waals surface area contributed by atoms with E-state index in [1.165, 1.54) is 24.6 Å². The number of hydrogen-bond donors (Lipinski definition) is 1. The van der Waals surface area contributed by atoms with E-state index < -0.39 is 0 Å². The predicted octanol–water partition coefficient (Wildman–Crippen LogP) is 3.91. The van der Waals surface area contributed by atoms with E-state index in [1.807, 2.05) is 13.1 Å². The molecule has 1 aromatic carbocycles. The average molecular weight is 272 g/mol. The van der Waals surface area contributed by atoms with Crippen LogP contribution in [0.5, 0.6) is 5.88 Å². The first kappa shape index (κ1) is 14.8. The van der Waals surface area contributed by atoms with Crippen molar-refractivity contribution in [2.75, 3.05) is 13.7 Å². The predicted molar refractivity (Wildman–Crippen MR) is 84.1 cm³/mol. The lowest BCUT2D eigenvalue weighted by atomic mass is 10.1. The molecule has 0 aliphatic rings. The molecule has 0 aliphatic heterocycles. The van der Waals surface area contributed by atoms with Crippen molar-refractivity contribution in [2.45, 2.75) is 39.2 Å². The Morgan fingerprint density at radius 2 is 2.00 bits per heavy atom. The molecule has 3 heteroatoms. The topological polar surface area (TPSA) is 34.1 Å². The molecular weight excluding hydrogens is 248 g/mol. The minimum atomic E-state index is 0.750. The molecule has 1 N–H and O–H groups in total. The average Bonchev–Trinajstić information content (AvgIpc) is 2.47. The van der Waals surface area contributed by atoms with Crippen LogP contribution in [0.15, 0.2) is 30.3 Å². The highest BCUT2D eigenvalue weighted by Gasteiger charge is 2.06. The Kier molecular flexibility index (Phi) is 5.81. The van der Waals surface area contributed by atoms with E-state index in [4.69, 9.17) is 4.74 Å². The number of benzene rings is 1. The maximum atomic E-state index is 5.91. The number of nitrogens with zero attached hydrogens (tertiary/aromatic N) is 1. The quantitative estimate of drug-likeness (QED) is 0.740. The van der Waals surface area contributed by atoms with Crippen molar-refractivity contribution in [2.24, 2.45) is 0 Å². The summed E-state index contributed by atoms with van der Waals surface area (Å²) in [5.41, 5.74) is 1.02. The van der Waals surface area contributed by atoms with Gasteiger partial charge in [-0.05, 0) is 31.0 Å². The van der Waals surface area contributed by atoms with E-state index in [2.05, 4.69) is 41.5 Å². The van der Waals surface area contributed by atoms with Crippen LogP contribution in [0.3, 0.4) is 0 Å². The van der Waals surface area contributed by atoms with Crippen molar-refractivity contribution in [3.8, 4) is 5.88 Å². The first-order valence-corrected chi connectivity index (χ1v) is 7.51. The smallest absolute Gasteiger partial charge is 0.221 e. The highest BCUT2D eigenvalue weighted by atomic mass is 16.5. The molecule has 20 heavy (non-hydrogen) atoms. The van der Waals surface area contributed by atoms with Crippen molar-refractivity contribution < 1.29 is 4.74 Å². The lowest BCUT2D eigenvalue weighted by Crippen LogP contribution is -2.08. The number of nitrogens with one attached hydrogen (secondary N) is 1. The number of rotatable bonds is 8. The Balaban J connectivity index is 2.12. The van der Waals surface area contributed by atoms with Crippen LogP contribution >= 0.6 is 0 Å². The van der Waals surface area contributed by atoms with Crippen LogP contribution in [-0.4, -0.2) is 18.6 Å². The number of aromatic nitrogens is 1. The van der Waals surface area contributed by atoms with Crippen LogP contribution in [0, 0.1) is 0 Å². The molecule has 108 valence electrons. The molecule has 1 heterocycles. The third-order valence-electron chi connectivity index (χ3n) is 3.35. The van der Waals surface area contributed by atoms with Gasteiger partial charge < -0.3 is 10.1 Å². The van der Waals surface area contributed by atoms with Gasteiger partial charge in [0.15, 0.2) is 0 Å². The van der Waals surface area contributed by atoms with E-state index in [1.54, 1.807) is 0 Å². The fourth-order valence-electron chi connectivity index (χ4n) is 2.30. The van der Waals surface area contributed by atoms with Crippen LogP contribution < -0.4 is 10.1 Å². The standard InChI is InChI=1S/C17H24N2O/c1-3-4-5-8-11-20-17-16-10-7-6-9-14(16)12-15(19-17)13-18-2/h6-7,9-10,12,18H,3-5,8,11,13H2,1-2H3. The summed E-state index contributed by atoms with van der Waals surface area (Å²) < 4.78 is 5.91. The van der Waals surface area contributed by atoms with Crippen molar-refractivity contribution >= 4 is 10.8 Å². The highest BCUT2D eigenvalue weighted by molar-refractivity contribution is 5.87. The molecule has 0 amide bonds. The molecule has 2 rings (SSSR count). The van der Waals surface area contributed by atoms with Gasteiger partial charge in [-0.2, -0.15) is 0 Å². The molecule has 0 atom stereocenters. The van der Waals surface area contributed by atoms with Crippen molar-refractivity contribution in [1.29, 1.82) is 0 Å². The van der Waals surface area contributed by atoms with Crippen LogP contribution in [-0.2, 0) is 6.54 Å². The summed E-state index contributed by atoms with van der Waals surface area (Å²) in [5.74, 6) is 0.768. The van der Waals surface area contributed by atoms with Crippen LogP contribution in [0.25, 0.3) is 10.8 Å². The minimum absolute atomic E-state index is 0.750. The van der Waals surface area contributed by atoms with Crippen LogP contribution in [0.4, 0.5) is 0 Å². The third kappa shape index (κ3) is 3.94. The summed E-state index contributed by atoms with van der Waals surface area (Å²) in [5, 5.41) is 5.43. The molecule has 1 aromatic heterocycles. The second-order valence-corrected chi connectivity index (χ2v) is 5.08. The van der Waals surface area contributed by atoms with Gasteiger partial charge in [-0.25, -0.2) is 4.98 Å². The minimum Gasteiger partial charge on any atom is -0.477 e. The number of pyridine rings is 1. The Hall–Kier alpha value is -1.61. The number of unbranched alkanes of at least 4 members (excludes halogenated alkanes) is 3. The van der Waals surface area contributed by atoms with Crippen molar-refractivity contribution in [3.63, 3.8) is 0 Å². The lowest BCUT2D eigenvalue weighted by Gasteiger charge is -2.10. The fraction of sp³-hybridized carbons (Fsp3) is 0.471. The summed E-state index contributed by atoms with van der Waals surface area (Å²) in [6.45, 7) is 3.73. The zero-order chi connectivity index (χ0) is 14.2. The number of fused-ring (bicyclic) bond motifs is 1. The van der Waals surface area contributed by atoms with E-state index >= 15 is 0 Å². The molecule has 0 radical (unpaired) electrons. The van der Waals surface area contributed by atoms with Gasteiger partial charge in [0.2, 0.25) is 5.88 Å². The van der Waals surface area contributed by atoms with Gasteiger partial charge in [-0.15, -0.1) is 0 Å². The van der Waals surface area contributed by atoms with E-state index in [-0.39, 0.29) is 0 Å². The monoisotopic (exact) mass is 272 g/mol. The Bertz CT molecular complexity index is 540. The Morgan fingerprint density at radius 1 is 1.15 bits per heavy atom. The van der Waals surface area contributed by atoms with Gasteiger partial charge in [0, 0.05) is 11.9 Å². The molecule has 0 saturated carbocycles. The molecule has 0 fully saturated rings. The second-order valence-electron chi connectivity index (χ2n) is 5.08. The molecule has 0 aliphatic carbocycles. The lowest BCUT2D eigenvalue weighted by molar-refractivity contribution is 0.297. The summed E-state index contributed by atoms with van der Waals surface area (Å²) in [4.78, 5) is 4.62. The summed E-state index contributed by atoms with van der Waals surface area (Å²) in [6, 6.07) is 10.4. The van der Waals surface area contributed by atoms with Gasteiger partial charge in [0.05, 0.1) is 12.3 Å². The normalized spacial score (nSPS) is 10.9. The van der Waals surface area contributed by atoms with Crippen LogP contribution in [0.2, 0.25) is 0 Å². The largest absolute Gasteiger partial charge is 0.477 e. The maximum Gasteiger partial charge on any atom is 0.221 e. The Morgan fingerprint density at radius 3 is 2.80 bits per heavy atom. The first-order valence-electron chi connectivity index (χ1n) is 7.51.